The van der Waals surface area contributed by atoms with E-state index in [0.29, 0.717) is 17.8 Å². The van der Waals surface area contributed by atoms with E-state index in [1.807, 2.05) is 0 Å². The fourth-order valence-electron chi connectivity index (χ4n) is 2.90. The van der Waals surface area contributed by atoms with Crippen molar-refractivity contribution in [3.05, 3.63) is 35.4 Å². The van der Waals surface area contributed by atoms with Crippen LogP contribution in [0.4, 0.5) is 0 Å². The highest BCUT2D eigenvalue weighted by Crippen LogP contribution is 2.31. The van der Waals surface area contributed by atoms with E-state index in [9.17, 15) is 5.11 Å². The van der Waals surface area contributed by atoms with Crippen molar-refractivity contribution in [1.29, 1.82) is 0 Å². The number of hydrogen-bond donors (Lipinski definition) is 2. The highest BCUT2D eigenvalue weighted by atomic mass is 16.3. The quantitative estimate of drug-likeness (QED) is 0.857. The molecule has 100 valence electrons. The van der Waals surface area contributed by atoms with Crippen LogP contribution in [0.15, 0.2) is 24.3 Å². The summed E-state index contributed by atoms with van der Waals surface area (Å²) in [5.41, 5.74) is 2.68. The van der Waals surface area contributed by atoms with Crippen LogP contribution in [0, 0.1) is 5.92 Å². The van der Waals surface area contributed by atoms with Crippen LogP contribution in [0.5, 0.6) is 0 Å². The van der Waals surface area contributed by atoms with E-state index in [1.54, 1.807) is 0 Å². The lowest BCUT2D eigenvalue weighted by Gasteiger charge is -2.30. The molecule has 0 bridgehead atoms. The summed E-state index contributed by atoms with van der Waals surface area (Å²) in [4.78, 5) is 0. The van der Waals surface area contributed by atoms with Crippen molar-refractivity contribution in [2.24, 2.45) is 5.92 Å². The van der Waals surface area contributed by atoms with Gasteiger partial charge in [0.2, 0.25) is 0 Å². The average molecular weight is 247 g/mol. The predicted octanol–water partition coefficient (Wildman–Crippen LogP) is 2.89. The van der Waals surface area contributed by atoms with Crippen molar-refractivity contribution < 1.29 is 5.11 Å². The summed E-state index contributed by atoms with van der Waals surface area (Å²) in [7, 11) is 0. The summed E-state index contributed by atoms with van der Waals surface area (Å²) in [6.45, 7) is 6.87. The minimum Gasteiger partial charge on any atom is -0.396 e. The first-order valence-electron chi connectivity index (χ1n) is 7.13. The van der Waals surface area contributed by atoms with Gasteiger partial charge in [-0.3, -0.25) is 0 Å². The molecule has 1 aliphatic heterocycles. The molecular weight excluding hydrogens is 222 g/mol. The van der Waals surface area contributed by atoms with Gasteiger partial charge in [-0.25, -0.2) is 0 Å². The van der Waals surface area contributed by atoms with Gasteiger partial charge in [-0.2, -0.15) is 0 Å². The molecular formula is C16H25NO. The molecule has 0 radical (unpaired) electrons. The van der Waals surface area contributed by atoms with Gasteiger partial charge in [0.25, 0.3) is 0 Å². The van der Waals surface area contributed by atoms with Crippen LogP contribution >= 0.6 is 0 Å². The Bertz CT molecular complexity index is 352. The molecule has 0 saturated carbocycles. The van der Waals surface area contributed by atoms with Crippen LogP contribution in [0.3, 0.4) is 0 Å². The molecule has 1 aromatic rings. The number of rotatable bonds is 4. The maximum Gasteiger partial charge on any atom is 0.0502 e. The standard InChI is InChI=1S/C16H25NO/c1-12(2)13-3-5-14(6-4-13)16(11-18)15-7-9-17-10-8-15/h3-6,12,15-18H,7-11H2,1-2H3. The van der Waals surface area contributed by atoms with E-state index in [2.05, 4.69) is 43.4 Å². The highest BCUT2D eigenvalue weighted by Gasteiger charge is 2.24. The number of piperidine rings is 1. The zero-order valence-electron chi connectivity index (χ0n) is 11.5. The average Bonchev–Trinajstić information content (AvgIpc) is 2.41. The summed E-state index contributed by atoms with van der Waals surface area (Å²) in [6.07, 6.45) is 2.36. The Hall–Kier alpha value is -0.860. The summed E-state index contributed by atoms with van der Waals surface area (Å²) in [5.74, 6) is 1.51. The van der Waals surface area contributed by atoms with Crippen molar-refractivity contribution in [1.82, 2.24) is 5.32 Å². The van der Waals surface area contributed by atoms with Crippen molar-refractivity contribution in [2.75, 3.05) is 19.7 Å². The molecule has 0 aromatic heterocycles. The summed E-state index contributed by atoms with van der Waals surface area (Å²) in [6, 6.07) is 8.84. The van der Waals surface area contributed by atoms with Gasteiger partial charge < -0.3 is 10.4 Å². The fourth-order valence-corrected chi connectivity index (χ4v) is 2.90. The molecule has 0 spiro atoms. The summed E-state index contributed by atoms with van der Waals surface area (Å²) < 4.78 is 0. The number of benzene rings is 1. The Kier molecular flexibility index (Phi) is 4.79. The predicted molar refractivity (Wildman–Crippen MR) is 76.0 cm³/mol. The van der Waals surface area contributed by atoms with E-state index in [4.69, 9.17) is 0 Å². The second-order valence-electron chi connectivity index (χ2n) is 5.70. The smallest absolute Gasteiger partial charge is 0.0502 e. The maximum absolute atomic E-state index is 9.69. The third-order valence-corrected chi connectivity index (χ3v) is 4.18. The largest absolute Gasteiger partial charge is 0.396 e. The molecule has 1 atom stereocenters. The van der Waals surface area contributed by atoms with E-state index >= 15 is 0 Å². The molecule has 2 rings (SSSR count). The van der Waals surface area contributed by atoms with Crippen LogP contribution < -0.4 is 5.32 Å². The second-order valence-corrected chi connectivity index (χ2v) is 5.70. The molecule has 1 aromatic carbocycles. The van der Waals surface area contributed by atoms with Crippen LogP contribution in [-0.4, -0.2) is 24.8 Å². The molecule has 0 aliphatic carbocycles. The van der Waals surface area contributed by atoms with Gasteiger partial charge in [0.1, 0.15) is 0 Å². The van der Waals surface area contributed by atoms with Crippen molar-refractivity contribution in [3.8, 4) is 0 Å². The Morgan fingerprint density at radius 3 is 2.17 bits per heavy atom. The molecule has 1 saturated heterocycles. The molecule has 2 nitrogen and oxygen atoms in total. The van der Waals surface area contributed by atoms with Crippen molar-refractivity contribution in [3.63, 3.8) is 0 Å². The minimum atomic E-state index is 0.270. The molecule has 2 heteroatoms. The molecule has 18 heavy (non-hydrogen) atoms. The van der Waals surface area contributed by atoms with Gasteiger partial charge in [0.15, 0.2) is 0 Å². The molecule has 1 aliphatic rings. The fraction of sp³-hybridized carbons (Fsp3) is 0.625. The van der Waals surface area contributed by atoms with E-state index in [1.165, 1.54) is 24.0 Å². The number of nitrogens with one attached hydrogen (secondary N) is 1. The normalized spacial score (nSPS) is 19.1. The third-order valence-electron chi connectivity index (χ3n) is 4.18. The SMILES string of the molecule is CC(C)c1ccc(C(CO)C2CCNCC2)cc1. The lowest BCUT2D eigenvalue weighted by Crippen LogP contribution is -2.32. The van der Waals surface area contributed by atoms with Crippen LogP contribution in [0.2, 0.25) is 0 Å². The Labute approximate surface area is 110 Å². The number of aliphatic hydroxyl groups excluding tert-OH is 1. The van der Waals surface area contributed by atoms with E-state index in [0.717, 1.165) is 13.1 Å². The number of hydrogen-bond acceptors (Lipinski definition) is 2. The Morgan fingerprint density at radius 2 is 1.67 bits per heavy atom. The number of aliphatic hydroxyl groups is 1. The molecule has 2 N–H and O–H groups in total. The van der Waals surface area contributed by atoms with Gasteiger partial charge in [-0.15, -0.1) is 0 Å². The lowest BCUT2D eigenvalue weighted by atomic mass is 9.80. The monoisotopic (exact) mass is 247 g/mol. The molecule has 1 unspecified atom stereocenters. The van der Waals surface area contributed by atoms with Crippen molar-refractivity contribution in [2.45, 2.75) is 38.5 Å². The summed E-state index contributed by atoms with van der Waals surface area (Å²) in [5, 5.41) is 13.1. The van der Waals surface area contributed by atoms with Gasteiger partial charge in [-0.05, 0) is 48.9 Å². The Morgan fingerprint density at radius 1 is 1.11 bits per heavy atom. The zero-order valence-corrected chi connectivity index (χ0v) is 11.5. The maximum atomic E-state index is 9.69. The topological polar surface area (TPSA) is 32.3 Å². The van der Waals surface area contributed by atoms with Crippen LogP contribution in [0.1, 0.15) is 49.7 Å². The minimum absolute atomic E-state index is 0.270. The first kappa shape index (κ1) is 13.6. The lowest BCUT2D eigenvalue weighted by molar-refractivity contribution is 0.201. The first-order chi connectivity index (χ1) is 8.72. The molecule has 1 heterocycles. The second kappa shape index (κ2) is 6.35. The Balaban J connectivity index is 2.11. The molecule has 0 amide bonds. The van der Waals surface area contributed by atoms with Crippen molar-refractivity contribution >= 4 is 0 Å². The molecule has 1 fully saturated rings. The first-order valence-corrected chi connectivity index (χ1v) is 7.13. The highest BCUT2D eigenvalue weighted by molar-refractivity contribution is 5.27. The van der Waals surface area contributed by atoms with Crippen LogP contribution in [0.25, 0.3) is 0 Å². The zero-order chi connectivity index (χ0) is 13.0. The summed E-state index contributed by atoms with van der Waals surface area (Å²) >= 11 is 0. The van der Waals surface area contributed by atoms with E-state index in [-0.39, 0.29) is 6.61 Å². The van der Waals surface area contributed by atoms with Gasteiger partial charge in [0, 0.05) is 5.92 Å². The third kappa shape index (κ3) is 3.12. The van der Waals surface area contributed by atoms with Gasteiger partial charge in [-0.1, -0.05) is 38.1 Å². The van der Waals surface area contributed by atoms with Gasteiger partial charge >= 0.3 is 0 Å². The van der Waals surface area contributed by atoms with Gasteiger partial charge in [0.05, 0.1) is 6.61 Å². The van der Waals surface area contributed by atoms with E-state index < -0.39 is 0 Å². The van der Waals surface area contributed by atoms with Crippen LogP contribution in [-0.2, 0) is 0 Å².